The highest BCUT2D eigenvalue weighted by Crippen LogP contribution is 2.53. The summed E-state index contributed by atoms with van der Waals surface area (Å²) in [6.45, 7) is 0. The zero-order valence-corrected chi connectivity index (χ0v) is 31.2. The average molecular weight is 767 g/mol. The van der Waals surface area contributed by atoms with E-state index in [0.29, 0.717) is 24.3 Å². The van der Waals surface area contributed by atoms with Crippen LogP contribution in [0.4, 0.5) is 0 Å². The number of hydrogen-bond acceptors (Lipinski definition) is 13. The van der Waals surface area contributed by atoms with Crippen LogP contribution in [0.25, 0.3) is 0 Å². The summed E-state index contributed by atoms with van der Waals surface area (Å²) in [5.41, 5.74) is 1.23. The minimum absolute atomic E-state index is 0.0332. The third-order valence-corrected chi connectivity index (χ3v) is 10.0. The van der Waals surface area contributed by atoms with Crippen LogP contribution in [0.15, 0.2) is 72.8 Å². The smallest absolute Gasteiger partial charge is 0.170 e. The molecule has 0 saturated carbocycles. The lowest BCUT2D eigenvalue weighted by molar-refractivity contribution is 0.0968. The van der Waals surface area contributed by atoms with E-state index in [0.717, 1.165) is 29.3 Å². The zero-order valence-electron chi connectivity index (χ0n) is 31.2. The first kappa shape index (κ1) is 38.9. The Morgan fingerprint density at radius 1 is 0.625 bits per heavy atom. The Kier molecular flexibility index (Phi) is 11.3. The summed E-state index contributed by atoms with van der Waals surface area (Å²) in [7, 11) is 5.72. The Labute approximate surface area is 322 Å². The highest BCUT2D eigenvalue weighted by atomic mass is 16.5. The molecule has 2 atom stereocenters. The molecule has 1 aliphatic heterocycles. The number of aryl methyl sites for hydroxylation is 2. The largest absolute Gasteiger partial charge is 0.508 e. The Morgan fingerprint density at radius 3 is 1.64 bits per heavy atom. The normalized spacial score (nSPS) is 13.7. The van der Waals surface area contributed by atoms with Gasteiger partial charge < -0.3 is 54.3 Å². The topological polar surface area (TPSA) is 202 Å². The minimum Gasteiger partial charge on any atom is -0.508 e. The van der Waals surface area contributed by atoms with Crippen LogP contribution < -0.4 is 23.7 Å². The van der Waals surface area contributed by atoms with Crippen molar-refractivity contribution >= 4 is 11.6 Å². The van der Waals surface area contributed by atoms with Crippen molar-refractivity contribution < 1.29 is 63.9 Å². The second-order valence-electron chi connectivity index (χ2n) is 13.3. The van der Waals surface area contributed by atoms with Crippen LogP contribution in [0, 0.1) is 0 Å². The fraction of sp³-hybridized carbons (Fsp3) is 0.256. The molecule has 2 unspecified atom stereocenters. The van der Waals surface area contributed by atoms with Gasteiger partial charge in [-0.05, 0) is 54.3 Å². The highest BCUT2D eigenvalue weighted by Gasteiger charge is 2.42. The van der Waals surface area contributed by atoms with Gasteiger partial charge in [0.05, 0.1) is 34.4 Å². The molecule has 13 heteroatoms. The van der Waals surface area contributed by atoms with Crippen LogP contribution in [0.3, 0.4) is 0 Å². The third kappa shape index (κ3) is 7.61. The second-order valence-corrected chi connectivity index (χ2v) is 13.3. The van der Waals surface area contributed by atoms with Gasteiger partial charge in [0, 0.05) is 54.2 Å². The van der Waals surface area contributed by atoms with Crippen LogP contribution in [-0.2, 0) is 19.3 Å². The molecule has 0 saturated heterocycles. The predicted octanol–water partition coefficient (Wildman–Crippen LogP) is 6.72. The molecule has 0 spiro atoms. The van der Waals surface area contributed by atoms with Crippen LogP contribution in [0.1, 0.15) is 67.3 Å². The van der Waals surface area contributed by atoms with Crippen molar-refractivity contribution in [3.8, 4) is 63.2 Å². The molecule has 0 aliphatic carbocycles. The number of phenolic OH excluding ortho intramolecular Hbond substituents is 6. The fourth-order valence-corrected chi connectivity index (χ4v) is 7.09. The van der Waals surface area contributed by atoms with Gasteiger partial charge in [0.2, 0.25) is 0 Å². The van der Waals surface area contributed by atoms with Gasteiger partial charge in [-0.25, -0.2) is 0 Å². The number of ketones is 2. The lowest BCUT2D eigenvalue weighted by Crippen LogP contribution is -2.25. The van der Waals surface area contributed by atoms with Crippen LogP contribution >= 0.6 is 0 Å². The highest BCUT2D eigenvalue weighted by molar-refractivity contribution is 6.03. The van der Waals surface area contributed by atoms with E-state index in [2.05, 4.69) is 0 Å². The van der Waals surface area contributed by atoms with Crippen LogP contribution in [0.2, 0.25) is 0 Å². The molecule has 1 heterocycles. The molecule has 0 amide bonds. The number of aromatic hydroxyl groups is 6. The summed E-state index contributed by atoms with van der Waals surface area (Å²) in [6, 6.07) is 18.9. The maximum Gasteiger partial charge on any atom is 0.170 e. The first-order valence-corrected chi connectivity index (χ1v) is 17.7. The number of hydrogen-bond donors (Lipinski definition) is 6. The van der Waals surface area contributed by atoms with Crippen LogP contribution in [0.5, 0.6) is 63.2 Å². The van der Waals surface area contributed by atoms with E-state index in [1.165, 1.54) is 20.3 Å². The number of carbonyl (C=O) groups excluding carboxylic acids is 2. The van der Waals surface area contributed by atoms with Crippen molar-refractivity contribution in [3.63, 3.8) is 0 Å². The number of benzene rings is 5. The fourth-order valence-electron chi connectivity index (χ4n) is 7.09. The molecule has 6 rings (SSSR count). The number of ether oxygens (including phenoxy) is 5. The van der Waals surface area contributed by atoms with E-state index in [9.17, 15) is 40.2 Å². The van der Waals surface area contributed by atoms with Gasteiger partial charge in [0.1, 0.15) is 69.0 Å². The number of Topliss-reactive ketones (excluding diaryl/α,β-unsaturated/α-hetero) is 2. The molecular weight excluding hydrogens is 724 g/mol. The lowest BCUT2D eigenvalue weighted by atomic mass is 9.81. The molecule has 0 fully saturated rings. The van der Waals surface area contributed by atoms with Gasteiger partial charge in [-0.15, -0.1) is 0 Å². The Balaban J connectivity index is 1.39. The molecule has 13 nitrogen and oxygen atoms in total. The molecule has 0 bridgehead atoms. The van der Waals surface area contributed by atoms with E-state index in [4.69, 9.17) is 23.7 Å². The lowest BCUT2D eigenvalue weighted by Gasteiger charge is -2.28. The molecule has 0 radical (unpaired) electrons. The third-order valence-electron chi connectivity index (χ3n) is 10.0. The Morgan fingerprint density at radius 2 is 1.12 bits per heavy atom. The second kappa shape index (κ2) is 16.3. The summed E-state index contributed by atoms with van der Waals surface area (Å²) >= 11 is 0. The van der Waals surface area contributed by atoms with E-state index in [1.807, 2.05) is 12.1 Å². The Hall–Kier alpha value is -6.76. The monoisotopic (exact) mass is 766 g/mol. The van der Waals surface area contributed by atoms with E-state index < -0.39 is 58.1 Å². The minimum atomic E-state index is -1.35. The summed E-state index contributed by atoms with van der Waals surface area (Å²) in [6.07, 6.45) is -0.657. The molecule has 0 aromatic heterocycles. The zero-order chi connectivity index (χ0) is 40.3. The van der Waals surface area contributed by atoms with Crippen molar-refractivity contribution in [2.75, 3.05) is 28.4 Å². The molecule has 6 N–H and O–H groups in total. The maximum atomic E-state index is 13.8. The van der Waals surface area contributed by atoms with Crippen molar-refractivity contribution in [1.82, 2.24) is 0 Å². The van der Waals surface area contributed by atoms with Gasteiger partial charge in [0.15, 0.2) is 23.1 Å². The van der Waals surface area contributed by atoms with Crippen molar-refractivity contribution in [2.45, 2.75) is 44.1 Å². The van der Waals surface area contributed by atoms with E-state index in [1.54, 1.807) is 50.6 Å². The SMILES string of the molecule is COc1ccc(CCC(=O)c2c(OC)cc3c(c2O)CC(C(c2cc(O)c(O)cc2O)c2c(O)cc(OC)c(C(=O)CCc4ccc(OC)cc4)c2O)O3)cc1. The molecule has 5 aromatic carbocycles. The molecule has 1 aliphatic rings. The number of carbonyl (C=O) groups is 2. The van der Waals surface area contributed by atoms with Gasteiger partial charge in [-0.2, -0.15) is 0 Å². The Bertz CT molecular complexity index is 2260. The van der Waals surface area contributed by atoms with Gasteiger partial charge >= 0.3 is 0 Å². The molecule has 292 valence electrons. The number of fused-ring (bicyclic) bond motifs is 1. The van der Waals surface area contributed by atoms with Crippen molar-refractivity contribution in [3.05, 3.63) is 112 Å². The number of phenols is 6. The quantitative estimate of drug-likeness (QED) is 0.0373. The summed E-state index contributed by atoms with van der Waals surface area (Å²) in [5, 5.41) is 67.0. The number of methoxy groups -OCH3 is 4. The van der Waals surface area contributed by atoms with Crippen molar-refractivity contribution in [2.24, 2.45) is 0 Å². The molecule has 5 aromatic rings. The summed E-state index contributed by atoms with van der Waals surface area (Å²) in [5.74, 6) is -4.33. The predicted molar refractivity (Wildman–Crippen MR) is 204 cm³/mol. The number of rotatable bonds is 15. The first-order chi connectivity index (χ1) is 26.9. The van der Waals surface area contributed by atoms with Crippen LogP contribution in [-0.4, -0.2) is 76.7 Å². The van der Waals surface area contributed by atoms with E-state index >= 15 is 0 Å². The first-order valence-electron chi connectivity index (χ1n) is 17.7. The average Bonchev–Trinajstić information content (AvgIpc) is 3.63. The van der Waals surface area contributed by atoms with E-state index in [-0.39, 0.29) is 64.3 Å². The van der Waals surface area contributed by atoms with Gasteiger partial charge in [0.25, 0.3) is 0 Å². The van der Waals surface area contributed by atoms with Gasteiger partial charge in [-0.3, -0.25) is 9.59 Å². The maximum absolute atomic E-state index is 13.8. The van der Waals surface area contributed by atoms with Gasteiger partial charge in [-0.1, -0.05) is 24.3 Å². The summed E-state index contributed by atoms with van der Waals surface area (Å²) in [4.78, 5) is 27.5. The van der Waals surface area contributed by atoms with Crippen molar-refractivity contribution in [1.29, 1.82) is 0 Å². The standard InChI is InChI=1S/C43H42O13/c1-52-24-11-5-22(6-12-24)9-15-28(44)39-36(55-4)21-34-27(42(39)50)18-37(56-34)38(26-17-31(47)32(48)19-30(26)46)41-33(49)20-35(54-3)40(43(41)51)29(45)16-10-23-7-13-25(53-2)14-8-23/h5-8,11-14,17,19-21,37-38,46-51H,9-10,15-16,18H2,1-4H3. The summed E-state index contributed by atoms with van der Waals surface area (Å²) < 4.78 is 27.7. The molecular formula is C43H42O13. The molecule has 56 heavy (non-hydrogen) atoms.